The van der Waals surface area contributed by atoms with E-state index >= 15 is 0 Å². The molecule has 0 aromatic carbocycles. The molecule has 0 heterocycles. The van der Waals surface area contributed by atoms with Gasteiger partial charge in [0, 0.05) is 5.92 Å². The van der Waals surface area contributed by atoms with Crippen LogP contribution in [0.1, 0.15) is 6.42 Å². The van der Waals surface area contributed by atoms with Crippen molar-refractivity contribution in [3.63, 3.8) is 0 Å². The minimum Gasteiger partial charge on any atom is -0.102 e. The molecule has 2 atom stereocenters. The lowest BCUT2D eigenvalue weighted by atomic mass is 9.97. The van der Waals surface area contributed by atoms with Gasteiger partial charge in [0.25, 0.3) is 0 Å². The summed E-state index contributed by atoms with van der Waals surface area (Å²) in [6.45, 7) is 3.78. The van der Waals surface area contributed by atoms with Gasteiger partial charge < -0.3 is 0 Å². The molecule has 0 saturated heterocycles. The Hall–Kier alpha value is -0.780. The molecule has 0 aromatic rings. The van der Waals surface area contributed by atoms with E-state index in [2.05, 4.69) is 24.8 Å². The summed E-state index contributed by atoms with van der Waals surface area (Å²) in [4.78, 5) is 0. The molecule has 0 fully saturated rings. The van der Waals surface area contributed by atoms with Crippen LogP contribution >= 0.6 is 0 Å². The van der Waals surface area contributed by atoms with Crippen LogP contribution in [0.2, 0.25) is 0 Å². The van der Waals surface area contributed by atoms with E-state index in [1.54, 1.807) is 0 Å². The van der Waals surface area contributed by atoms with E-state index in [0.29, 0.717) is 5.92 Å². The molecular formula is C9H10. The number of allylic oxidation sites excluding steroid dienone is 5. The molecule has 0 aliphatic heterocycles. The fraction of sp³-hybridized carbons (Fsp3) is 0.333. The van der Waals surface area contributed by atoms with Crippen LogP contribution in [0.4, 0.5) is 0 Å². The smallest absolute Gasteiger partial charge is 0.00158 e. The molecule has 2 bridgehead atoms. The zero-order valence-corrected chi connectivity index (χ0v) is 5.38. The number of rotatable bonds is 1. The summed E-state index contributed by atoms with van der Waals surface area (Å²) >= 11 is 0. The van der Waals surface area contributed by atoms with E-state index in [1.165, 1.54) is 12.0 Å². The molecule has 0 radical (unpaired) electrons. The Morgan fingerprint density at radius 3 is 2.89 bits per heavy atom. The van der Waals surface area contributed by atoms with E-state index in [1.807, 2.05) is 6.08 Å². The van der Waals surface area contributed by atoms with E-state index in [0.717, 1.165) is 5.92 Å². The third kappa shape index (κ3) is 0.593. The quantitative estimate of drug-likeness (QED) is 0.463. The Morgan fingerprint density at radius 2 is 2.56 bits per heavy atom. The predicted molar refractivity (Wildman–Crippen MR) is 39.0 cm³/mol. The lowest BCUT2D eigenvalue weighted by Gasteiger charge is -2.07. The highest BCUT2D eigenvalue weighted by atomic mass is 14.3. The van der Waals surface area contributed by atoms with Crippen molar-refractivity contribution in [2.24, 2.45) is 11.8 Å². The highest BCUT2D eigenvalue weighted by molar-refractivity contribution is 5.36. The number of fused-ring (bicyclic) bond motifs is 2. The summed E-state index contributed by atoms with van der Waals surface area (Å²) in [5.41, 5.74) is 1.50. The van der Waals surface area contributed by atoms with Crippen LogP contribution in [-0.2, 0) is 0 Å². The molecule has 2 unspecified atom stereocenters. The van der Waals surface area contributed by atoms with Crippen LogP contribution in [0.3, 0.4) is 0 Å². The summed E-state index contributed by atoms with van der Waals surface area (Å²) in [6, 6.07) is 0. The topological polar surface area (TPSA) is 0 Å². The molecule has 9 heavy (non-hydrogen) atoms. The summed E-state index contributed by atoms with van der Waals surface area (Å²) < 4.78 is 0. The summed E-state index contributed by atoms with van der Waals surface area (Å²) in [6.07, 6.45) is 10.1. The first-order valence-electron chi connectivity index (χ1n) is 3.41. The predicted octanol–water partition coefficient (Wildman–Crippen LogP) is 2.30. The van der Waals surface area contributed by atoms with Gasteiger partial charge in [0.05, 0.1) is 0 Å². The van der Waals surface area contributed by atoms with E-state index in [4.69, 9.17) is 0 Å². The molecule has 0 spiro atoms. The van der Waals surface area contributed by atoms with Crippen molar-refractivity contribution >= 4 is 0 Å². The first kappa shape index (κ1) is 5.04. The second kappa shape index (κ2) is 1.60. The van der Waals surface area contributed by atoms with Crippen molar-refractivity contribution in [3.05, 3.63) is 36.5 Å². The Kier molecular flexibility index (Phi) is 0.895. The molecular weight excluding hydrogens is 108 g/mol. The minimum atomic E-state index is 0.644. The zero-order valence-electron chi connectivity index (χ0n) is 5.38. The van der Waals surface area contributed by atoms with Crippen molar-refractivity contribution in [2.45, 2.75) is 6.42 Å². The van der Waals surface area contributed by atoms with Gasteiger partial charge in [-0.2, -0.15) is 0 Å². The van der Waals surface area contributed by atoms with Gasteiger partial charge in [0.2, 0.25) is 0 Å². The summed E-state index contributed by atoms with van der Waals surface area (Å²) in [5.74, 6) is 1.41. The van der Waals surface area contributed by atoms with Gasteiger partial charge in [-0.25, -0.2) is 0 Å². The Balaban J connectivity index is 2.31. The van der Waals surface area contributed by atoms with E-state index in [9.17, 15) is 0 Å². The van der Waals surface area contributed by atoms with Crippen LogP contribution < -0.4 is 0 Å². The third-order valence-corrected chi connectivity index (χ3v) is 2.20. The van der Waals surface area contributed by atoms with E-state index in [-0.39, 0.29) is 0 Å². The first-order valence-corrected chi connectivity index (χ1v) is 3.41. The van der Waals surface area contributed by atoms with Gasteiger partial charge in [-0.3, -0.25) is 0 Å². The largest absolute Gasteiger partial charge is 0.102 e. The fourth-order valence-corrected chi connectivity index (χ4v) is 1.66. The molecule has 0 nitrogen and oxygen atoms in total. The number of hydrogen-bond donors (Lipinski definition) is 0. The second-order valence-corrected chi connectivity index (χ2v) is 2.78. The zero-order chi connectivity index (χ0) is 6.27. The molecule has 2 aliphatic carbocycles. The molecule has 2 rings (SSSR count). The van der Waals surface area contributed by atoms with Crippen LogP contribution in [0.15, 0.2) is 36.5 Å². The Labute approximate surface area is 55.6 Å². The monoisotopic (exact) mass is 118 g/mol. The van der Waals surface area contributed by atoms with Crippen LogP contribution in [0, 0.1) is 11.8 Å². The minimum absolute atomic E-state index is 0.644. The maximum atomic E-state index is 3.78. The van der Waals surface area contributed by atoms with Gasteiger partial charge >= 0.3 is 0 Å². The van der Waals surface area contributed by atoms with Crippen LogP contribution in [0.5, 0.6) is 0 Å². The normalized spacial score (nSPS) is 37.1. The third-order valence-electron chi connectivity index (χ3n) is 2.20. The molecule has 0 heteroatoms. The number of hydrogen-bond acceptors (Lipinski definition) is 0. The molecule has 46 valence electrons. The molecule has 2 aliphatic rings. The van der Waals surface area contributed by atoms with Gasteiger partial charge in [0.15, 0.2) is 0 Å². The van der Waals surface area contributed by atoms with Gasteiger partial charge in [-0.15, -0.1) is 6.58 Å². The fourth-order valence-electron chi connectivity index (χ4n) is 1.66. The summed E-state index contributed by atoms with van der Waals surface area (Å²) in [5, 5.41) is 0. The lowest BCUT2D eigenvalue weighted by Crippen LogP contribution is -1.99. The van der Waals surface area contributed by atoms with Gasteiger partial charge in [0.1, 0.15) is 0 Å². The lowest BCUT2D eigenvalue weighted by molar-refractivity contribution is 0.612. The Bertz CT molecular complexity index is 196. The molecule has 0 N–H and O–H groups in total. The Morgan fingerprint density at radius 1 is 1.67 bits per heavy atom. The average molecular weight is 118 g/mol. The van der Waals surface area contributed by atoms with Crippen molar-refractivity contribution < 1.29 is 0 Å². The van der Waals surface area contributed by atoms with E-state index < -0.39 is 0 Å². The van der Waals surface area contributed by atoms with Crippen LogP contribution in [0.25, 0.3) is 0 Å². The van der Waals surface area contributed by atoms with Crippen LogP contribution in [-0.4, -0.2) is 0 Å². The maximum absolute atomic E-state index is 3.78. The maximum Gasteiger partial charge on any atom is 0.00158 e. The van der Waals surface area contributed by atoms with Gasteiger partial charge in [-0.05, 0) is 12.3 Å². The highest BCUT2D eigenvalue weighted by Gasteiger charge is 2.25. The molecule has 0 aromatic heterocycles. The molecule has 0 amide bonds. The van der Waals surface area contributed by atoms with Crippen molar-refractivity contribution in [1.82, 2.24) is 0 Å². The van der Waals surface area contributed by atoms with Crippen molar-refractivity contribution in [3.8, 4) is 0 Å². The van der Waals surface area contributed by atoms with Crippen molar-refractivity contribution in [1.29, 1.82) is 0 Å². The summed E-state index contributed by atoms with van der Waals surface area (Å²) in [7, 11) is 0. The second-order valence-electron chi connectivity index (χ2n) is 2.78. The SMILES string of the molecule is C=CC1C=C2C=CC1C2. The standard InChI is InChI=1S/C9H10/c1-2-8-5-7-3-4-9(8)6-7/h2-5,8-9H,1,6H2. The van der Waals surface area contributed by atoms with Gasteiger partial charge in [-0.1, -0.05) is 29.9 Å². The molecule has 0 saturated carbocycles. The average Bonchev–Trinajstić information content (AvgIpc) is 2.45. The highest BCUT2D eigenvalue weighted by Crippen LogP contribution is 2.38. The first-order chi connectivity index (χ1) is 4.40. The van der Waals surface area contributed by atoms with Crippen molar-refractivity contribution in [2.75, 3.05) is 0 Å².